The van der Waals surface area contributed by atoms with Gasteiger partial charge in [0.05, 0.1) is 18.3 Å². The predicted octanol–water partition coefficient (Wildman–Crippen LogP) is 2.92. The summed E-state index contributed by atoms with van der Waals surface area (Å²) in [6.07, 6.45) is 2.40. The Bertz CT molecular complexity index is 457. The Morgan fingerprint density at radius 2 is 2.00 bits per heavy atom. The van der Waals surface area contributed by atoms with Crippen LogP contribution in [0.2, 0.25) is 0 Å². The number of hydrogen-bond donors (Lipinski definition) is 1. The highest BCUT2D eigenvalue weighted by atomic mass is 16.6. The fourth-order valence-corrected chi connectivity index (χ4v) is 3.73. The van der Waals surface area contributed by atoms with Crippen LogP contribution in [0.25, 0.3) is 0 Å². The van der Waals surface area contributed by atoms with Crippen LogP contribution >= 0.6 is 0 Å². The zero-order valence-electron chi connectivity index (χ0n) is 12.4. The molecule has 1 spiro atoms. The van der Waals surface area contributed by atoms with Gasteiger partial charge in [0.15, 0.2) is 0 Å². The van der Waals surface area contributed by atoms with Gasteiger partial charge in [0.1, 0.15) is 0 Å². The molecule has 20 heavy (non-hydrogen) atoms. The monoisotopic (exact) mass is 276 g/mol. The van der Waals surface area contributed by atoms with E-state index in [4.69, 9.17) is 9.47 Å². The molecule has 110 valence electrons. The van der Waals surface area contributed by atoms with Crippen LogP contribution in [-0.4, -0.2) is 30.5 Å². The van der Waals surface area contributed by atoms with Gasteiger partial charge >= 0.3 is 0 Å². The van der Waals surface area contributed by atoms with Crippen molar-refractivity contribution in [3.63, 3.8) is 0 Å². The van der Waals surface area contributed by atoms with Crippen molar-refractivity contribution in [1.82, 2.24) is 0 Å². The van der Waals surface area contributed by atoms with E-state index in [9.17, 15) is 5.11 Å². The molecule has 0 radical (unpaired) electrons. The fraction of sp³-hybridized carbons (Fsp3) is 0.647. The van der Waals surface area contributed by atoms with Crippen LogP contribution in [0.5, 0.6) is 0 Å². The quantitative estimate of drug-likeness (QED) is 0.902. The van der Waals surface area contributed by atoms with E-state index >= 15 is 0 Å². The number of aryl methyl sites for hydroxylation is 2. The average Bonchev–Trinajstić information content (AvgIpc) is 2.86. The largest absolute Gasteiger partial charge is 0.388 e. The molecule has 2 fully saturated rings. The molecule has 2 aliphatic heterocycles. The zero-order valence-corrected chi connectivity index (χ0v) is 12.4. The van der Waals surface area contributed by atoms with Gasteiger partial charge in [0, 0.05) is 19.6 Å². The molecule has 0 amide bonds. The van der Waals surface area contributed by atoms with Crippen LogP contribution in [0.4, 0.5) is 0 Å². The third-order valence-corrected chi connectivity index (χ3v) is 4.88. The van der Waals surface area contributed by atoms with E-state index in [1.165, 1.54) is 11.1 Å². The lowest BCUT2D eigenvalue weighted by Crippen LogP contribution is -2.42. The first-order chi connectivity index (χ1) is 9.61. The average molecular weight is 276 g/mol. The molecule has 1 aromatic rings. The van der Waals surface area contributed by atoms with Crippen LogP contribution in [0.3, 0.4) is 0 Å². The van der Waals surface area contributed by atoms with Gasteiger partial charge in [-0.3, -0.25) is 0 Å². The van der Waals surface area contributed by atoms with Gasteiger partial charge < -0.3 is 14.6 Å². The summed E-state index contributed by atoms with van der Waals surface area (Å²) in [5.41, 5.74) is 3.33. The Labute approximate surface area is 120 Å². The summed E-state index contributed by atoms with van der Waals surface area (Å²) in [7, 11) is 0. The number of rotatable bonds is 2. The second kappa shape index (κ2) is 5.47. The molecule has 1 aromatic carbocycles. The van der Waals surface area contributed by atoms with E-state index in [0.29, 0.717) is 6.61 Å². The van der Waals surface area contributed by atoms with Crippen LogP contribution in [0, 0.1) is 19.8 Å². The van der Waals surface area contributed by atoms with Crippen molar-refractivity contribution in [1.29, 1.82) is 0 Å². The molecule has 3 heteroatoms. The van der Waals surface area contributed by atoms with Gasteiger partial charge in [-0.1, -0.05) is 18.2 Å². The van der Waals surface area contributed by atoms with Crippen molar-refractivity contribution in [3.05, 3.63) is 34.9 Å². The van der Waals surface area contributed by atoms with Gasteiger partial charge in [0.2, 0.25) is 0 Å². The smallest absolute Gasteiger partial charge is 0.0940 e. The highest BCUT2D eigenvalue weighted by molar-refractivity contribution is 5.35. The van der Waals surface area contributed by atoms with Crippen molar-refractivity contribution < 1.29 is 14.6 Å². The van der Waals surface area contributed by atoms with Crippen molar-refractivity contribution >= 4 is 0 Å². The molecular formula is C17H24O3. The molecule has 2 saturated heterocycles. The standard InChI is InChI=1S/C17H24O3/c1-12-4-3-5-13(2)15(12)16(18)14-6-8-20-17(10-14)7-9-19-11-17/h3-5,14,16,18H,6-11H2,1-2H3. The Morgan fingerprint density at radius 3 is 2.65 bits per heavy atom. The molecule has 3 unspecified atom stereocenters. The number of hydrogen-bond acceptors (Lipinski definition) is 3. The number of ether oxygens (including phenoxy) is 2. The summed E-state index contributed by atoms with van der Waals surface area (Å²) in [4.78, 5) is 0. The van der Waals surface area contributed by atoms with Gasteiger partial charge in [0.25, 0.3) is 0 Å². The van der Waals surface area contributed by atoms with Crippen LogP contribution in [0.1, 0.15) is 42.1 Å². The van der Waals surface area contributed by atoms with E-state index in [2.05, 4.69) is 32.0 Å². The van der Waals surface area contributed by atoms with E-state index in [0.717, 1.165) is 38.0 Å². The summed E-state index contributed by atoms with van der Waals surface area (Å²) in [5.74, 6) is 0.269. The molecule has 3 atom stereocenters. The first-order valence-corrected chi connectivity index (χ1v) is 7.57. The van der Waals surface area contributed by atoms with E-state index in [-0.39, 0.29) is 11.5 Å². The first-order valence-electron chi connectivity index (χ1n) is 7.57. The maximum atomic E-state index is 10.9. The van der Waals surface area contributed by atoms with Crippen molar-refractivity contribution in [2.75, 3.05) is 19.8 Å². The van der Waals surface area contributed by atoms with Gasteiger partial charge in [-0.2, -0.15) is 0 Å². The summed E-state index contributed by atoms with van der Waals surface area (Å²) in [6, 6.07) is 6.22. The fourth-order valence-electron chi connectivity index (χ4n) is 3.73. The lowest BCUT2D eigenvalue weighted by Gasteiger charge is -2.39. The predicted molar refractivity (Wildman–Crippen MR) is 77.7 cm³/mol. The normalized spacial score (nSPS) is 31.6. The summed E-state index contributed by atoms with van der Waals surface area (Å²) >= 11 is 0. The van der Waals surface area contributed by atoms with Crippen molar-refractivity contribution in [2.45, 2.75) is 44.8 Å². The number of aliphatic hydroxyl groups excluding tert-OH is 1. The second-order valence-corrected chi connectivity index (χ2v) is 6.34. The molecule has 0 aliphatic carbocycles. The van der Waals surface area contributed by atoms with E-state index < -0.39 is 6.10 Å². The van der Waals surface area contributed by atoms with Gasteiger partial charge in [-0.25, -0.2) is 0 Å². The minimum absolute atomic E-state index is 0.138. The first kappa shape index (κ1) is 14.1. The maximum absolute atomic E-state index is 10.9. The molecule has 0 saturated carbocycles. The Kier molecular flexibility index (Phi) is 3.85. The molecule has 1 N–H and O–H groups in total. The third kappa shape index (κ3) is 2.50. The second-order valence-electron chi connectivity index (χ2n) is 6.34. The summed E-state index contributed by atoms with van der Waals surface area (Å²) in [5, 5.41) is 10.9. The summed E-state index contributed by atoms with van der Waals surface area (Å²) in [6.45, 7) is 6.36. The van der Waals surface area contributed by atoms with E-state index in [1.54, 1.807) is 0 Å². The Balaban J connectivity index is 1.81. The van der Waals surface area contributed by atoms with Gasteiger partial charge in [-0.05, 0) is 49.3 Å². The lowest BCUT2D eigenvalue weighted by molar-refractivity contribution is -0.117. The maximum Gasteiger partial charge on any atom is 0.0940 e. The lowest BCUT2D eigenvalue weighted by atomic mass is 9.78. The molecule has 0 bridgehead atoms. The highest BCUT2D eigenvalue weighted by Crippen LogP contribution is 2.42. The van der Waals surface area contributed by atoms with Crippen molar-refractivity contribution in [2.24, 2.45) is 5.92 Å². The summed E-state index contributed by atoms with van der Waals surface area (Å²) < 4.78 is 11.5. The third-order valence-electron chi connectivity index (χ3n) is 4.88. The van der Waals surface area contributed by atoms with Crippen LogP contribution < -0.4 is 0 Å². The van der Waals surface area contributed by atoms with Crippen LogP contribution in [0.15, 0.2) is 18.2 Å². The topological polar surface area (TPSA) is 38.7 Å². The van der Waals surface area contributed by atoms with Gasteiger partial charge in [-0.15, -0.1) is 0 Å². The molecule has 0 aromatic heterocycles. The highest BCUT2D eigenvalue weighted by Gasteiger charge is 2.43. The van der Waals surface area contributed by atoms with Crippen molar-refractivity contribution in [3.8, 4) is 0 Å². The van der Waals surface area contributed by atoms with Crippen LogP contribution in [-0.2, 0) is 9.47 Å². The van der Waals surface area contributed by atoms with E-state index in [1.807, 2.05) is 0 Å². The Morgan fingerprint density at radius 1 is 1.25 bits per heavy atom. The molecule has 2 aliphatic rings. The zero-order chi connectivity index (χ0) is 14.2. The molecule has 2 heterocycles. The minimum Gasteiger partial charge on any atom is -0.388 e. The molecule has 3 rings (SSSR count). The SMILES string of the molecule is Cc1cccc(C)c1C(O)C1CCOC2(CCOC2)C1. The minimum atomic E-state index is -0.391. The Hall–Kier alpha value is -0.900. The molecule has 3 nitrogen and oxygen atoms in total. The molecular weight excluding hydrogens is 252 g/mol. The number of benzene rings is 1. The number of aliphatic hydroxyl groups is 1.